The van der Waals surface area contributed by atoms with E-state index in [0.717, 1.165) is 15.5 Å². The maximum Gasteiger partial charge on any atom is 0.410 e. The van der Waals surface area contributed by atoms with Crippen LogP contribution in [0.4, 0.5) is 4.79 Å². The van der Waals surface area contributed by atoms with Crippen molar-refractivity contribution in [2.24, 2.45) is 28.7 Å². The number of rotatable bonds is 6. The zero-order chi connectivity index (χ0) is 43.5. The molecule has 3 saturated heterocycles. The minimum absolute atomic E-state index is 0.0315. The molecular formula is C46H60N4O9S. The number of cyclic esters (lactones) is 1. The monoisotopic (exact) mass is 844 g/mol. The molecule has 3 fully saturated rings. The van der Waals surface area contributed by atoms with Crippen LogP contribution in [0, 0.1) is 47.4 Å². The Kier molecular flexibility index (Phi) is 14.3. The fourth-order valence-corrected chi connectivity index (χ4v) is 10.3. The highest BCUT2D eigenvalue weighted by molar-refractivity contribution is 7.13. The van der Waals surface area contributed by atoms with Gasteiger partial charge in [-0.25, -0.2) is 9.78 Å². The van der Waals surface area contributed by atoms with Gasteiger partial charge in [0.05, 0.1) is 40.1 Å². The Bertz CT molecular complexity index is 2040. The van der Waals surface area contributed by atoms with Crippen molar-refractivity contribution < 1.29 is 43.2 Å². The van der Waals surface area contributed by atoms with Crippen molar-refractivity contribution in [1.82, 2.24) is 14.8 Å². The Balaban J connectivity index is 1.39. The fourth-order valence-electron chi connectivity index (χ4n) is 9.61. The molecule has 4 aliphatic rings. The number of Topliss-reactive ketones (excluding diaryl/α,β-unsaturated/α-hetero) is 1. The molecule has 13 atom stereocenters. The number of aliphatic hydroxyl groups is 1. The van der Waals surface area contributed by atoms with Crippen molar-refractivity contribution in [2.45, 2.75) is 129 Å². The molecule has 6 rings (SSSR count). The topological polar surface area (TPSA) is 149 Å². The number of carbonyl (C=O) groups is 3. The second kappa shape index (κ2) is 18.9. The minimum atomic E-state index is -1.26. The van der Waals surface area contributed by atoms with Crippen LogP contribution >= 0.6 is 11.3 Å². The number of amides is 1. The molecule has 6 heterocycles. The third kappa shape index (κ3) is 9.50. The van der Waals surface area contributed by atoms with Gasteiger partial charge in [-0.15, -0.1) is 11.3 Å². The summed E-state index contributed by atoms with van der Waals surface area (Å²) in [5, 5.41) is 11.7. The number of carbonyl (C=O) groups excluding carboxylic acids is 3. The zero-order valence-corrected chi connectivity index (χ0v) is 37.3. The Morgan fingerprint density at radius 3 is 2.43 bits per heavy atom. The molecule has 60 heavy (non-hydrogen) atoms. The Labute approximate surface area is 358 Å². The molecule has 2 aromatic rings. The number of hydrogen-bond donors (Lipinski definition) is 1. The van der Waals surface area contributed by atoms with E-state index < -0.39 is 71.5 Å². The van der Waals surface area contributed by atoms with E-state index in [1.807, 2.05) is 83.9 Å². The lowest BCUT2D eigenvalue weighted by Gasteiger charge is -2.47. The van der Waals surface area contributed by atoms with Gasteiger partial charge in [-0.2, -0.15) is 0 Å². The van der Waals surface area contributed by atoms with Crippen LogP contribution in [0.1, 0.15) is 90.1 Å². The predicted molar refractivity (Wildman–Crippen MR) is 227 cm³/mol. The summed E-state index contributed by atoms with van der Waals surface area (Å²) in [5.74, 6) is 8.75. The third-order valence-electron chi connectivity index (χ3n) is 12.6. The fraction of sp³-hybridized carbons (Fsp3) is 0.630. The van der Waals surface area contributed by atoms with Crippen molar-refractivity contribution in [3.8, 4) is 23.7 Å². The Morgan fingerprint density at radius 2 is 1.75 bits per heavy atom. The number of likely N-dealkylation sites (N-methyl/N-ethyl adjacent to an activating group) is 1. The van der Waals surface area contributed by atoms with Crippen LogP contribution in [0.5, 0.6) is 0 Å². The van der Waals surface area contributed by atoms with Crippen LogP contribution < -0.4 is 0 Å². The first kappa shape index (κ1) is 45.4. The lowest BCUT2D eigenvalue weighted by Crippen LogP contribution is -2.60. The SMILES string of the molecule is CC[C@H]1OC(=O)[C@H](C)C(=O)[C@H](C)[C@@H](O[C@@H]2O[C@H](C)C[C@H](N(C)C)[C@H]2O)[C@@](C)(OCC#Cc2ccc(C#Cc3ccccn3)s2)C[C@@H](C)C2=NCCN3C(=O)O[C@]1(C)[C@H]3[C@H]2C. The van der Waals surface area contributed by atoms with Crippen molar-refractivity contribution in [3.63, 3.8) is 0 Å². The average Bonchev–Trinajstić information content (AvgIpc) is 3.72. The summed E-state index contributed by atoms with van der Waals surface area (Å²) in [6, 6.07) is 8.64. The van der Waals surface area contributed by atoms with Crippen LogP contribution in [0.3, 0.4) is 0 Å². The van der Waals surface area contributed by atoms with Crippen molar-refractivity contribution >= 4 is 34.9 Å². The first-order valence-corrected chi connectivity index (χ1v) is 21.9. The van der Waals surface area contributed by atoms with E-state index in [2.05, 4.69) is 35.6 Å². The van der Waals surface area contributed by atoms with Crippen LogP contribution in [0.2, 0.25) is 0 Å². The van der Waals surface area contributed by atoms with Crippen molar-refractivity contribution in [2.75, 3.05) is 33.8 Å². The molecule has 324 valence electrons. The second-order valence-corrected chi connectivity index (χ2v) is 18.4. The molecule has 4 aliphatic heterocycles. The number of pyridine rings is 1. The average molecular weight is 845 g/mol. The van der Waals surface area contributed by atoms with E-state index in [4.69, 9.17) is 28.7 Å². The van der Waals surface area contributed by atoms with E-state index in [1.54, 1.807) is 18.0 Å². The van der Waals surface area contributed by atoms with Gasteiger partial charge in [0.25, 0.3) is 0 Å². The predicted octanol–water partition coefficient (Wildman–Crippen LogP) is 5.35. The molecule has 14 heteroatoms. The van der Waals surface area contributed by atoms with Gasteiger partial charge in [-0.1, -0.05) is 45.6 Å². The summed E-state index contributed by atoms with van der Waals surface area (Å²) in [5.41, 5.74) is -0.929. The standard InChI is InChI=1S/C46H60N4O9S/c1-11-36-46(8)40-29(4)37(48-22-23-50(40)44(54)59-46)27(2)26-45(7,55-24-14-16-33-19-20-34(60-33)18-17-32-15-12-13-21-47-32)41(30(5)38(51)31(6)42(53)57-36)58-43-39(52)35(49(9)10)25-28(3)56-43/h12-13,15,19-21,27-31,35-36,39-41,43,52H,11,22-26H2,1-10H3/t27-,28-,29+,30+,31-,35+,36-,39-,40-,41-,43+,45+,46+/m1/s1. The smallest absolute Gasteiger partial charge is 0.410 e. The number of thiophene rings is 1. The molecule has 1 amide bonds. The molecule has 0 spiro atoms. The third-order valence-corrected chi connectivity index (χ3v) is 13.6. The highest BCUT2D eigenvalue weighted by Crippen LogP contribution is 2.44. The summed E-state index contributed by atoms with van der Waals surface area (Å²) in [6.07, 6.45) is -1.80. The maximum absolute atomic E-state index is 14.6. The van der Waals surface area contributed by atoms with Gasteiger partial charge >= 0.3 is 12.1 Å². The molecule has 1 N–H and O–H groups in total. The number of ether oxygens (including phenoxy) is 5. The normalized spacial score (nSPS) is 36.1. The quantitative estimate of drug-likeness (QED) is 0.228. The molecule has 0 saturated carbocycles. The molecule has 13 nitrogen and oxygen atoms in total. The lowest BCUT2D eigenvalue weighted by molar-refractivity contribution is -0.296. The van der Waals surface area contributed by atoms with Gasteiger partial charge in [0.2, 0.25) is 0 Å². The number of aliphatic imine (C=N–C) groups is 1. The summed E-state index contributed by atoms with van der Waals surface area (Å²) < 4.78 is 32.3. The zero-order valence-electron chi connectivity index (χ0n) is 36.5. The van der Waals surface area contributed by atoms with E-state index in [9.17, 15) is 19.5 Å². The molecule has 0 aliphatic carbocycles. The maximum atomic E-state index is 14.6. The van der Waals surface area contributed by atoms with Crippen LogP contribution in [0.15, 0.2) is 41.5 Å². The highest BCUT2D eigenvalue weighted by Gasteiger charge is 2.60. The number of aliphatic hydroxyl groups excluding tert-OH is 1. The van der Waals surface area contributed by atoms with Crippen LogP contribution in [-0.4, -0.2) is 131 Å². The minimum Gasteiger partial charge on any atom is -0.458 e. The molecular weight excluding hydrogens is 785 g/mol. The molecule has 0 unspecified atom stereocenters. The Morgan fingerprint density at radius 1 is 1.02 bits per heavy atom. The van der Waals surface area contributed by atoms with Gasteiger partial charge in [0.1, 0.15) is 30.4 Å². The van der Waals surface area contributed by atoms with E-state index in [0.29, 0.717) is 38.0 Å². The van der Waals surface area contributed by atoms with Crippen LogP contribution in [0.25, 0.3) is 0 Å². The first-order chi connectivity index (χ1) is 28.5. The highest BCUT2D eigenvalue weighted by atomic mass is 32.1. The van der Waals surface area contributed by atoms with Gasteiger partial charge in [0, 0.05) is 36.3 Å². The van der Waals surface area contributed by atoms with Crippen LogP contribution in [-0.2, 0) is 33.3 Å². The van der Waals surface area contributed by atoms with Gasteiger partial charge in [-0.3, -0.25) is 19.5 Å². The van der Waals surface area contributed by atoms with Gasteiger partial charge in [0.15, 0.2) is 17.7 Å². The molecule has 2 aromatic heterocycles. The van der Waals surface area contributed by atoms with Crippen molar-refractivity contribution in [1.29, 1.82) is 0 Å². The molecule has 0 aromatic carbocycles. The van der Waals surface area contributed by atoms with Crippen molar-refractivity contribution in [3.05, 3.63) is 52.0 Å². The summed E-state index contributed by atoms with van der Waals surface area (Å²) in [6.45, 7) is 15.5. The summed E-state index contributed by atoms with van der Waals surface area (Å²) >= 11 is 1.46. The largest absolute Gasteiger partial charge is 0.458 e. The number of fused-ring (bicyclic) bond motifs is 1. The Hall–Kier alpha value is -4.15. The summed E-state index contributed by atoms with van der Waals surface area (Å²) in [7, 11) is 3.79. The number of nitrogens with zero attached hydrogens (tertiary/aromatic N) is 4. The number of aromatic nitrogens is 1. The number of ketones is 1. The molecule has 2 bridgehead atoms. The number of esters is 1. The van der Waals surface area contributed by atoms with E-state index in [1.165, 1.54) is 18.3 Å². The summed E-state index contributed by atoms with van der Waals surface area (Å²) in [4.78, 5) is 56.8. The lowest BCUT2D eigenvalue weighted by atomic mass is 9.73. The van der Waals surface area contributed by atoms with E-state index >= 15 is 0 Å². The van der Waals surface area contributed by atoms with E-state index in [-0.39, 0.29) is 30.6 Å². The number of hydrogen-bond acceptors (Lipinski definition) is 13. The van der Waals surface area contributed by atoms with Gasteiger partial charge < -0.3 is 33.7 Å². The van der Waals surface area contributed by atoms with Gasteiger partial charge in [-0.05, 0) is 103 Å². The molecule has 0 radical (unpaired) electrons. The second-order valence-electron chi connectivity index (χ2n) is 17.3. The first-order valence-electron chi connectivity index (χ1n) is 21.1.